The summed E-state index contributed by atoms with van der Waals surface area (Å²) in [6.07, 6.45) is 0. The Kier molecular flexibility index (Phi) is 4.66. The number of fused-ring (bicyclic) bond motifs is 1. The van der Waals surface area contributed by atoms with Crippen LogP contribution in [0.3, 0.4) is 0 Å². The predicted octanol–water partition coefficient (Wildman–Crippen LogP) is 4.36. The van der Waals surface area contributed by atoms with Crippen LogP contribution in [0, 0.1) is 0 Å². The molecule has 0 bridgehead atoms. The van der Waals surface area contributed by atoms with Crippen molar-refractivity contribution in [3.63, 3.8) is 0 Å². The largest absolute Gasteiger partial charge is 0.461 e. The fraction of sp³-hybridized carbons (Fsp3) is 0.111. The number of carbonyl (C=O) groups is 2. The fourth-order valence-electron chi connectivity index (χ4n) is 2.44. The van der Waals surface area contributed by atoms with Gasteiger partial charge in [0.25, 0.3) is 5.91 Å². The normalized spacial score (nSPS) is 10.6. The number of carbonyl (C=O) groups excluding carboxylic acids is 2. The van der Waals surface area contributed by atoms with Crippen molar-refractivity contribution in [1.29, 1.82) is 0 Å². The molecule has 0 aliphatic heterocycles. The summed E-state index contributed by atoms with van der Waals surface area (Å²) in [6, 6.07) is 14.4. The molecule has 0 radical (unpaired) electrons. The maximum Gasteiger partial charge on any atom is 0.356 e. The first-order valence-electron chi connectivity index (χ1n) is 7.45. The molecule has 6 heteroatoms. The minimum absolute atomic E-state index is 0.237. The number of halogens is 1. The van der Waals surface area contributed by atoms with Crippen molar-refractivity contribution in [2.24, 2.45) is 0 Å². The van der Waals surface area contributed by atoms with Gasteiger partial charge in [0.1, 0.15) is 5.69 Å². The average Bonchev–Trinajstić information content (AvgIpc) is 2.94. The van der Waals surface area contributed by atoms with Gasteiger partial charge in [-0.3, -0.25) is 4.79 Å². The van der Waals surface area contributed by atoms with Crippen molar-refractivity contribution in [1.82, 2.24) is 4.98 Å². The molecule has 1 amide bonds. The van der Waals surface area contributed by atoms with Gasteiger partial charge in [0.05, 0.1) is 12.3 Å². The molecule has 0 spiro atoms. The zero-order valence-electron chi connectivity index (χ0n) is 12.9. The number of hydrogen-bond acceptors (Lipinski definition) is 3. The molecule has 5 nitrogen and oxygen atoms in total. The van der Waals surface area contributed by atoms with Gasteiger partial charge in [-0.2, -0.15) is 0 Å². The van der Waals surface area contributed by atoms with Gasteiger partial charge in [0, 0.05) is 20.9 Å². The second-order valence-corrected chi connectivity index (χ2v) is 6.02. The van der Waals surface area contributed by atoms with Crippen LogP contribution in [0.4, 0.5) is 5.69 Å². The standard InChI is InChI=1S/C18H15BrN2O3/c1-2-24-18(23)16-15(13-8-3-4-9-14(13)20-16)21-17(22)11-6-5-7-12(19)10-11/h3-10,20H,2H2,1H3,(H,21,22). The van der Waals surface area contributed by atoms with Crippen molar-refractivity contribution in [2.45, 2.75) is 6.92 Å². The Labute approximate surface area is 147 Å². The second-order valence-electron chi connectivity index (χ2n) is 5.11. The van der Waals surface area contributed by atoms with Gasteiger partial charge in [0.2, 0.25) is 0 Å². The molecule has 3 rings (SSSR count). The number of ether oxygens (including phenoxy) is 1. The molecule has 0 aliphatic rings. The number of anilines is 1. The Balaban J connectivity index is 2.02. The van der Waals surface area contributed by atoms with Gasteiger partial charge in [-0.1, -0.05) is 40.2 Å². The molecule has 0 fully saturated rings. The average molecular weight is 387 g/mol. The Morgan fingerprint density at radius 3 is 2.71 bits per heavy atom. The highest BCUT2D eigenvalue weighted by atomic mass is 79.9. The Hall–Kier alpha value is -2.60. The lowest BCUT2D eigenvalue weighted by Crippen LogP contribution is -2.15. The molecule has 24 heavy (non-hydrogen) atoms. The summed E-state index contributed by atoms with van der Waals surface area (Å²) < 4.78 is 5.88. The Morgan fingerprint density at radius 2 is 1.96 bits per heavy atom. The first-order valence-corrected chi connectivity index (χ1v) is 8.24. The summed E-state index contributed by atoms with van der Waals surface area (Å²) in [5, 5.41) is 3.58. The maximum absolute atomic E-state index is 12.5. The van der Waals surface area contributed by atoms with E-state index in [1.807, 2.05) is 30.3 Å². The van der Waals surface area contributed by atoms with Crippen LogP contribution in [-0.2, 0) is 4.74 Å². The lowest BCUT2D eigenvalue weighted by Gasteiger charge is -2.07. The molecule has 122 valence electrons. The van der Waals surface area contributed by atoms with Crippen LogP contribution in [0.25, 0.3) is 10.9 Å². The molecule has 0 atom stereocenters. The number of amides is 1. The smallest absolute Gasteiger partial charge is 0.356 e. The molecule has 0 saturated carbocycles. The number of aromatic nitrogens is 1. The van der Waals surface area contributed by atoms with E-state index in [4.69, 9.17) is 4.74 Å². The van der Waals surface area contributed by atoms with Crippen LogP contribution < -0.4 is 5.32 Å². The van der Waals surface area contributed by atoms with E-state index < -0.39 is 5.97 Å². The Morgan fingerprint density at radius 1 is 1.17 bits per heavy atom. The first kappa shape index (κ1) is 16.3. The summed E-state index contributed by atoms with van der Waals surface area (Å²) in [7, 11) is 0. The second kappa shape index (κ2) is 6.88. The van der Waals surface area contributed by atoms with Gasteiger partial charge in [0.15, 0.2) is 0 Å². The number of nitrogens with one attached hydrogen (secondary N) is 2. The van der Waals surface area contributed by atoms with Crippen LogP contribution >= 0.6 is 15.9 Å². The summed E-state index contributed by atoms with van der Waals surface area (Å²) in [5.41, 5.74) is 1.91. The van der Waals surface area contributed by atoms with Crippen LogP contribution in [0.1, 0.15) is 27.8 Å². The van der Waals surface area contributed by atoms with Gasteiger partial charge >= 0.3 is 5.97 Å². The third kappa shape index (κ3) is 3.19. The maximum atomic E-state index is 12.5. The minimum Gasteiger partial charge on any atom is -0.461 e. The molecule has 0 unspecified atom stereocenters. The van der Waals surface area contributed by atoms with Crippen molar-refractivity contribution < 1.29 is 14.3 Å². The summed E-state index contributed by atoms with van der Waals surface area (Å²) in [4.78, 5) is 27.8. The zero-order chi connectivity index (χ0) is 17.1. The topological polar surface area (TPSA) is 71.2 Å². The highest BCUT2D eigenvalue weighted by Crippen LogP contribution is 2.29. The van der Waals surface area contributed by atoms with E-state index in [0.29, 0.717) is 11.3 Å². The van der Waals surface area contributed by atoms with Crippen molar-refractivity contribution in [3.8, 4) is 0 Å². The summed E-state index contributed by atoms with van der Waals surface area (Å²) in [5.74, 6) is -0.801. The van der Waals surface area contributed by atoms with Crippen molar-refractivity contribution in [3.05, 3.63) is 64.3 Å². The SMILES string of the molecule is CCOC(=O)c1[nH]c2ccccc2c1NC(=O)c1cccc(Br)c1. The monoisotopic (exact) mass is 386 g/mol. The van der Waals surface area contributed by atoms with Gasteiger partial charge in [-0.05, 0) is 31.2 Å². The van der Waals surface area contributed by atoms with E-state index in [1.165, 1.54) is 0 Å². The summed E-state index contributed by atoms with van der Waals surface area (Å²) in [6.45, 7) is 1.99. The van der Waals surface area contributed by atoms with Crippen molar-refractivity contribution >= 4 is 44.4 Å². The first-order chi connectivity index (χ1) is 11.6. The number of rotatable bonds is 4. The lowest BCUT2D eigenvalue weighted by atomic mass is 10.2. The highest BCUT2D eigenvalue weighted by Gasteiger charge is 2.21. The zero-order valence-corrected chi connectivity index (χ0v) is 14.5. The Bertz CT molecular complexity index is 918. The van der Waals surface area contributed by atoms with E-state index in [-0.39, 0.29) is 18.2 Å². The number of aromatic amines is 1. The molecule has 2 N–H and O–H groups in total. The molecule has 1 aromatic heterocycles. The molecular weight excluding hydrogens is 372 g/mol. The van der Waals surface area contributed by atoms with Crippen LogP contribution in [0.5, 0.6) is 0 Å². The van der Waals surface area contributed by atoms with Crippen LogP contribution in [-0.4, -0.2) is 23.5 Å². The van der Waals surface area contributed by atoms with E-state index >= 15 is 0 Å². The lowest BCUT2D eigenvalue weighted by molar-refractivity contribution is 0.0522. The third-order valence-corrected chi connectivity index (χ3v) is 4.00. The molecule has 0 saturated heterocycles. The van der Waals surface area contributed by atoms with Gasteiger partial charge < -0.3 is 15.0 Å². The molecular formula is C18H15BrN2O3. The fourth-order valence-corrected chi connectivity index (χ4v) is 2.84. The minimum atomic E-state index is -0.502. The third-order valence-electron chi connectivity index (χ3n) is 3.51. The van der Waals surface area contributed by atoms with Gasteiger partial charge in [-0.25, -0.2) is 4.79 Å². The van der Waals surface area contributed by atoms with Crippen molar-refractivity contribution in [2.75, 3.05) is 11.9 Å². The number of benzene rings is 2. The highest BCUT2D eigenvalue weighted by molar-refractivity contribution is 9.10. The number of H-pyrrole nitrogens is 1. The molecule has 0 aliphatic carbocycles. The van der Waals surface area contributed by atoms with E-state index in [9.17, 15) is 9.59 Å². The van der Waals surface area contributed by atoms with Crippen LogP contribution in [0.15, 0.2) is 53.0 Å². The predicted molar refractivity (Wildman–Crippen MR) is 96.4 cm³/mol. The molecule has 1 heterocycles. The number of esters is 1. The molecule has 3 aromatic rings. The van der Waals surface area contributed by atoms with Crippen LogP contribution in [0.2, 0.25) is 0 Å². The summed E-state index contributed by atoms with van der Waals surface area (Å²) >= 11 is 3.35. The number of hydrogen-bond donors (Lipinski definition) is 2. The van der Waals surface area contributed by atoms with E-state index in [0.717, 1.165) is 15.4 Å². The van der Waals surface area contributed by atoms with E-state index in [2.05, 4.69) is 26.2 Å². The quantitative estimate of drug-likeness (QED) is 0.654. The van der Waals surface area contributed by atoms with E-state index in [1.54, 1.807) is 25.1 Å². The number of para-hydroxylation sites is 1. The molecule has 2 aromatic carbocycles. The van der Waals surface area contributed by atoms with Gasteiger partial charge in [-0.15, -0.1) is 0 Å².